The number of nitrogens with zero attached hydrogens (tertiary/aromatic N) is 3. The number of nitrogens with one attached hydrogen (secondary N) is 2. The minimum absolute atomic E-state index is 0.0515. The summed E-state index contributed by atoms with van der Waals surface area (Å²) in [5.41, 5.74) is 4.50. The average molecular weight is 466 g/mol. The first-order valence-corrected chi connectivity index (χ1v) is 10.9. The monoisotopic (exact) mass is 465 g/mol. The fourth-order valence-corrected chi connectivity index (χ4v) is 4.47. The number of thiocarbonyl (C=S) groups is 1. The summed E-state index contributed by atoms with van der Waals surface area (Å²) in [4.78, 5) is 18.8. The lowest BCUT2D eigenvalue weighted by Crippen LogP contribution is -2.30. The minimum atomic E-state index is -0.268. The number of hydrogen-bond donors (Lipinski definition) is 2. The number of pyridine rings is 1. The first-order valence-electron chi connectivity index (χ1n) is 10.5. The average Bonchev–Trinajstić information content (AvgIpc) is 3.33. The number of methoxy groups -OCH3 is 2. The third kappa shape index (κ3) is 4.42. The molecular formula is C24H27N5O3S. The number of anilines is 2. The summed E-state index contributed by atoms with van der Waals surface area (Å²) < 4.78 is 12.6. The molecule has 9 heteroatoms. The van der Waals surface area contributed by atoms with Crippen molar-refractivity contribution in [2.45, 2.75) is 19.0 Å². The van der Waals surface area contributed by atoms with Crippen molar-refractivity contribution in [2.75, 3.05) is 31.0 Å². The van der Waals surface area contributed by atoms with Crippen LogP contribution in [0.4, 0.5) is 11.4 Å². The molecule has 3 heterocycles. The van der Waals surface area contributed by atoms with E-state index in [-0.39, 0.29) is 24.6 Å². The van der Waals surface area contributed by atoms with Crippen LogP contribution in [0, 0.1) is 6.92 Å². The molecule has 1 saturated heterocycles. The Hall–Kier alpha value is -3.43. The molecule has 1 aromatic carbocycles. The van der Waals surface area contributed by atoms with Crippen LogP contribution < -0.4 is 20.3 Å². The number of carbonyl (C=O) groups excluding carboxylic acids is 1. The molecule has 0 aliphatic carbocycles. The largest absolute Gasteiger partial charge is 0.495 e. The highest BCUT2D eigenvalue weighted by Crippen LogP contribution is 2.43. The van der Waals surface area contributed by atoms with Gasteiger partial charge in [0.15, 0.2) is 5.11 Å². The highest BCUT2D eigenvalue weighted by atomic mass is 32.1. The predicted octanol–water partition coefficient (Wildman–Crippen LogP) is 3.50. The molecule has 172 valence electrons. The molecular weight excluding hydrogens is 438 g/mol. The van der Waals surface area contributed by atoms with Crippen LogP contribution in [-0.4, -0.2) is 41.4 Å². The molecule has 1 aliphatic heterocycles. The summed E-state index contributed by atoms with van der Waals surface area (Å²) >= 11 is 5.80. The number of amides is 1. The molecule has 8 nitrogen and oxygen atoms in total. The Bertz CT molecular complexity index is 1160. The molecule has 0 radical (unpaired) electrons. The molecule has 1 amide bonds. The Morgan fingerprint density at radius 3 is 2.67 bits per heavy atom. The van der Waals surface area contributed by atoms with E-state index in [0.717, 1.165) is 22.8 Å². The molecule has 3 aromatic rings. The van der Waals surface area contributed by atoms with Gasteiger partial charge < -0.3 is 29.6 Å². The Kier molecular flexibility index (Phi) is 6.62. The van der Waals surface area contributed by atoms with Crippen molar-refractivity contribution in [2.24, 2.45) is 7.05 Å². The molecule has 4 rings (SSSR count). The normalized spacial score (nSPS) is 17.7. The van der Waals surface area contributed by atoms with Crippen LogP contribution >= 0.6 is 12.2 Å². The smallest absolute Gasteiger partial charge is 0.250 e. The van der Waals surface area contributed by atoms with E-state index >= 15 is 0 Å². The van der Waals surface area contributed by atoms with Gasteiger partial charge in [0.2, 0.25) is 5.91 Å². The molecule has 2 N–H and O–H groups in total. The van der Waals surface area contributed by atoms with Gasteiger partial charge >= 0.3 is 0 Å². The lowest BCUT2D eigenvalue weighted by atomic mass is 10.0. The van der Waals surface area contributed by atoms with Gasteiger partial charge in [-0.25, -0.2) is 0 Å². The van der Waals surface area contributed by atoms with Crippen LogP contribution in [0.15, 0.2) is 54.7 Å². The first-order chi connectivity index (χ1) is 15.9. The summed E-state index contributed by atoms with van der Waals surface area (Å²) in [6.07, 6.45) is 1.78. The van der Waals surface area contributed by atoms with Crippen LogP contribution in [-0.2, 0) is 16.6 Å². The third-order valence-corrected chi connectivity index (χ3v) is 6.14. The zero-order valence-electron chi connectivity index (χ0n) is 19.0. The maximum Gasteiger partial charge on any atom is 0.250 e. The summed E-state index contributed by atoms with van der Waals surface area (Å²) in [6.45, 7) is 2.02. The van der Waals surface area contributed by atoms with Crippen molar-refractivity contribution < 1.29 is 14.3 Å². The molecule has 33 heavy (non-hydrogen) atoms. The van der Waals surface area contributed by atoms with Crippen LogP contribution in [0.2, 0.25) is 0 Å². The van der Waals surface area contributed by atoms with Crippen molar-refractivity contribution in [3.63, 3.8) is 0 Å². The summed E-state index contributed by atoms with van der Waals surface area (Å²) in [7, 11) is 5.09. The Morgan fingerprint density at radius 2 is 2.03 bits per heavy atom. The van der Waals surface area contributed by atoms with E-state index in [0.29, 0.717) is 16.5 Å². The SMILES string of the molecule is COCC(=O)Nc1cc(N2C(=S)N[C@H](c3ccccn3)[C@H]2c2ccc(C)n2C)ccc1OC. The molecule has 2 atom stereocenters. The Labute approximate surface area is 198 Å². The number of aromatic nitrogens is 2. The van der Waals surface area contributed by atoms with E-state index < -0.39 is 0 Å². The second-order valence-electron chi connectivity index (χ2n) is 7.82. The van der Waals surface area contributed by atoms with E-state index in [1.54, 1.807) is 13.3 Å². The molecule has 1 aliphatic rings. The fourth-order valence-electron chi connectivity index (χ4n) is 4.12. The topological polar surface area (TPSA) is 80.7 Å². The summed E-state index contributed by atoms with van der Waals surface area (Å²) in [5, 5.41) is 6.89. The molecule has 0 spiro atoms. The number of hydrogen-bond acceptors (Lipinski definition) is 5. The van der Waals surface area contributed by atoms with Gasteiger partial charge in [-0.3, -0.25) is 9.78 Å². The second-order valence-corrected chi connectivity index (χ2v) is 8.21. The van der Waals surface area contributed by atoms with Gasteiger partial charge in [0.25, 0.3) is 0 Å². The maximum atomic E-state index is 12.2. The summed E-state index contributed by atoms with van der Waals surface area (Å²) in [5.74, 6) is 0.282. The van der Waals surface area contributed by atoms with Crippen molar-refractivity contribution in [3.05, 3.63) is 71.8 Å². The first kappa shape index (κ1) is 22.8. The van der Waals surface area contributed by atoms with Gasteiger partial charge in [-0.2, -0.15) is 0 Å². The molecule has 0 unspecified atom stereocenters. The van der Waals surface area contributed by atoms with Crippen LogP contribution in [0.25, 0.3) is 0 Å². The number of rotatable bonds is 7. The quantitative estimate of drug-likeness (QED) is 0.517. The van der Waals surface area contributed by atoms with Gasteiger partial charge in [0, 0.05) is 37.4 Å². The van der Waals surface area contributed by atoms with Gasteiger partial charge in [-0.05, 0) is 61.6 Å². The highest BCUT2D eigenvalue weighted by molar-refractivity contribution is 7.80. The number of carbonyl (C=O) groups is 1. The lowest BCUT2D eigenvalue weighted by Gasteiger charge is -2.29. The van der Waals surface area contributed by atoms with Crippen LogP contribution in [0.1, 0.15) is 29.2 Å². The van der Waals surface area contributed by atoms with Crippen molar-refractivity contribution in [1.29, 1.82) is 0 Å². The third-order valence-electron chi connectivity index (χ3n) is 5.82. The predicted molar refractivity (Wildman–Crippen MR) is 132 cm³/mol. The lowest BCUT2D eigenvalue weighted by molar-refractivity contribution is -0.119. The minimum Gasteiger partial charge on any atom is -0.495 e. The maximum absolute atomic E-state index is 12.2. The van der Waals surface area contributed by atoms with Gasteiger partial charge in [-0.1, -0.05) is 6.07 Å². The summed E-state index contributed by atoms with van der Waals surface area (Å²) in [6, 6.07) is 15.4. The van der Waals surface area contributed by atoms with Crippen molar-refractivity contribution in [3.8, 4) is 5.75 Å². The van der Waals surface area contributed by atoms with E-state index in [9.17, 15) is 4.79 Å². The van der Waals surface area contributed by atoms with Crippen LogP contribution in [0.3, 0.4) is 0 Å². The second kappa shape index (κ2) is 9.60. The number of benzene rings is 1. The van der Waals surface area contributed by atoms with Crippen molar-refractivity contribution >= 4 is 34.6 Å². The fraction of sp³-hybridized carbons (Fsp3) is 0.292. The van der Waals surface area contributed by atoms with E-state index in [1.807, 2.05) is 43.4 Å². The van der Waals surface area contributed by atoms with Gasteiger partial charge in [0.1, 0.15) is 18.4 Å². The zero-order chi connectivity index (χ0) is 23.5. The van der Waals surface area contributed by atoms with Gasteiger partial charge in [-0.15, -0.1) is 0 Å². The highest BCUT2D eigenvalue weighted by Gasteiger charge is 2.42. The van der Waals surface area contributed by atoms with E-state index in [1.165, 1.54) is 7.11 Å². The standard InChI is InChI=1S/C24H27N5O3S/c1-15-8-10-19(28(15)2)23-22(17-7-5-6-12-25-17)27-24(33)29(23)16-9-11-20(32-4)18(13-16)26-21(30)14-31-3/h5-13,22-23H,14H2,1-4H3,(H,26,30)(H,27,33)/t22-,23-/m1/s1. The van der Waals surface area contributed by atoms with Crippen LogP contribution in [0.5, 0.6) is 5.75 Å². The Balaban J connectivity index is 1.80. The number of ether oxygens (including phenoxy) is 2. The zero-order valence-corrected chi connectivity index (χ0v) is 19.8. The molecule has 0 bridgehead atoms. The molecule has 2 aromatic heterocycles. The van der Waals surface area contributed by atoms with Crippen molar-refractivity contribution in [1.82, 2.24) is 14.9 Å². The number of aryl methyl sites for hydroxylation is 1. The molecule has 1 fully saturated rings. The van der Waals surface area contributed by atoms with Gasteiger partial charge in [0.05, 0.1) is 24.5 Å². The molecule has 0 saturated carbocycles. The van der Waals surface area contributed by atoms with E-state index in [4.69, 9.17) is 21.7 Å². The van der Waals surface area contributed by atoms with E-state index in [2.05, 4.69) is 44.1 Å². The Morgan fingerprint density at radius 1 is 1.21 bits per heavy atom.